The standard InChI is InChI=1S/C17H13BrO4/c1-11-10-15(20)16(17(21)22-11)14(19)5-3-2-4-12-6-8-13(18)9-7-12/h2-10,20H,1H3/b4-2+,5-3+. The molecule has 0 spiro atoms. The molecule has 0 amide bonds. The third kappa shape index (κ3) is 4.05. The molecule has 1 aromatic heterocycles. The van der Waals surface area contributed by atoms with Crippen LogP contribution in [0.3, 0.4) is 0 Å². The Kier molecular flexibility index (Phi) is 5.12. The van der Waals surface area contributed by atoms with Gasteiger partial charge in [0, 0.05) is 10.5 Å². The van der Waals surface area contributed by atoms with Crippen molar-refractivity contribution < 1.29 is 14.3 Å². The van der Waals surface area contributed by atoms with Gasteiger partial charge in [-0.15, -0.1) is 0 Å². The fourth-order valence-corrected chi connectivity index (χ4v) is 2.05. The maximum atomic E-state index is 11.9. The van der Waals surface area contributed by atoms with Crippen molar-refractivity contribution in [1.82, 2.24) is 0 Å². The summed E-state index contributed by atoms with van der Waals surface area (Å²) in [7, 11) is 0. The molecule has 5 heteroatoms. The molecule has 112 valence electrons. The Bertz CT molecular complexity index is 798. The molecule has 1 heterocycles. The topological polar surface area (TPSA) is 67.5 Å². The highest BCUT2D eigenvalue weighted by atomic mass is 79.9. The highest BCUT2D eigenvalue weighted by Crippen LogP contribution is 2.15. The van der Waals surface area contributed by atoms with Crippen LogP contribution < -0.4 is 5.63 Å². The molecule has 22 heavy (non-hydrogen) atoms. The number of halogens is 1. The summed E-state index contributed by atoms with van der Waals surface area (Å²) in [6.45, 7) is 1.52. The van der Waals surface area contributed by atoms with Gasteiger partial charge in [-0.1, -0.05) is 46.3 Å². The van der Waals surface area contributed by atoms with E-state index < -0.39 is 11.4 Å². The van der Waals surface area contributed by atoms with Gasteiger partial charge < -0.3 is 9.52 Å². The minimum atomic E-state index is -0.843. The normalized spacial score (nSPS) is 11.4. The monoisotopic (exact) mass is 360 g/mol. The number of allylic oxidation sites excluding steroid dienone is 3. The van der Waals surface area contributed by atoms with Gasteiger partial charge in [0.15, 0.2) is 5.78 Å². The largest absolute Gasteiger partial charge is 0.507 e. The average molecular weight is 361 g/mol. The third-order valence-electron chi connectivity index (χ3n) is 2.82. The first kappa shape index (κ1) is 16.0. The summed E-state index contributed by atoms with van der Waals surface area (Å²) in [5.41, 5.74) is -0.235. The second-order valence-corrected chi connectivity index (χ2v) is 5.45. The summed E-state index contributed by atoms with van der Waals surface area (Å²) in [5, 5.41) is 9.67. The summed E-state index contributed by atoms with van der Waals surface area (Å²) in [5.74, 6) is -0.731. The van der Waals surface area contributed by atoms with E-state index in [0.717, 1.165) is 10.0 Å². The molecule has 2 aromatic rings. The first-order chi connectivity index (χ1) is 10.5. The van der Waals surface area contributed by atoms with E-state index in [9.17, 15) is 14.7 Å². The number of hydrogen-bond donors (Lipinski definition) is 1. The number of benzene rings is 1. The summed E-state index contributed by atoms with van der Waals surface area (Å²) in [4.78, 5) is 23.5. The molecule has 0 unspecified atom stereocenters. The van der Waals surface area contributed by atoms with Crippen LogP contribution in [-0.2, 0) is 0 Å². The van der Waals surface area contributed by atoms with E-state index in [-0.39, 0.29) is 17.1 Å². The van der Waals surface area contributed by atoms with Gasteiger partial charge in [-0.25, -0.2) is 4.79 Å². The van der Waals surface area contributed by atoms with E-state index in [2.05, 4.69) is 15.9 Å². The number of carbonyl (C=O) groups is 1. The zero-order chi connectivity index (χ0) is 16.1. The lowest BCUT2D eigenvalue weighted by molar-refractivity contribution is 0.104. The number of aryl methyl sites for hydroxylation is 1. The van der Waals surface area contributed by atoms with Crippen molar-refractivity contribution in [2.24, 2.45) is 0 Å². The van der Waals surface area contributed by atoms with E-state index in [4.69, 9.17) is 4.42 Å². The van der Waals surface area contributed by atoms with Gasteiger partial charge in [-0.2, -0.15) is 0 Å². The summed E-state index contributed by atoms with van der Waals surface area (Å²) in [6.07, 6.45) is 6.20. The molecular weight excluding hydrogens is 348 g/mol. The van der Waals surface area contributed by atoms with Crippen LogP contribution >= 0.6 is 15.9 Å². The SMILES string of the molecule is Cc1cc(O)c(C(=O)/C=C/C=C/c2ccc(Br)cc2)c(=O)o1. The highest BCUT2D eigenvalue weighted by molar-refractivity contribution is 9.10. The van der Waals surface area contributed by atoms with Gasteiger partial charge in [0.05, 0.1) is 0 Å². The molecule has 0 radical (unpaired) electrons. The summed E-state index contributed by atoms with van der Waals surface area (Å²) < 4.78 is 5.79. The van der Waals surface area contributed by atoms with Crippen molar-refractivity contribution in [2.75, 3.05) is 0 Å². The number of carbonyl (C=O) groups excluding carboxylic acids is 1. The van der Waals surface area contributed by atoms with Gasteiger partial charge in [-0.05, 0) is 30.7 Å². The van der Waals surface area contributed by atoms with Gasteiger partial charge in [-0.3, -0.25) is 4.79 Å². The van der Waals surface area contributed by atoms with Crippen molar-refractivity contribution in [2.45, 2.75) is 6.92 Å². The van der Waals surface area contributed by atoms with E-state index in [0.29, 0.717) is 0 Å². The molecule has 0 aliphatic carbocycles. The van der Waals surface area contributed by atoms with Gasteiger partial charge in [0.1, 0.15) is 17.1 Å². The minimum absolute atomic E-state index is 0.248. The van der Waals surface area contributed by atoms with Crippen LogP contribution in [0.5, 0.6) is 5.75 Å². The molecule has 0 fully saturated rings. The Morgan fingerprint density at radius 1 is 1.23 bits per heavy atom. The van der Waals surface area contributed by atoms with E-state index >= 15 is 0 Å². The molecule has 2 rings (SSSR count). The second-order valence-electron chi connectivity index (χ2n) is 4.54. The number of ketones is 1. The molecule has 0 saturated heterocycles. The lowest BCUT2D eigenvalue weighted by atomic mass is 10.1. The number of aromatic hydroxyl groups is 1. The third-order valence-corrected chi connectivity index (χ3v) is 3.35. The number of rotatable bonds is 4. The Hall–Kier alpha value is -2.40. The van der Waals surface area contributed by atoms with E-state index in [1.165, 1.54) is 25.1 Å². The van der Waals surface area contributed by atoms with Crippen LogP contribution in [0.2, 0.25) is 0 Å². The zero-order valence-corrected chi connectivity index (χ0v) is 13.3. The molecule has 0 bridgehead atoms. The first-order valence-corrected chi connectivity index (χ1v) is 7.25. The van der Waals surface area contributed by atoms with Crippen LogP contribution in [-0.4, -0.2) is 10.9 Å². The Balaban J connectivity index is 2.12. The quantitative estimate of drug-likeness (QED) is 0.510. The summed E-state index contributed by atoms with van der Waals surface area (Å²) >= 11 is 3.35. The maximum absolute atomic E-state index is 11.9. The van der Waals surface area contributed by atoms with Crippen molar-refractivity contribution in [3.05, 3.63) is 80.3 Å². The van der Waals surface area contributed by atoms with Crippen LogP contribution in [0, 0.1) is 6.92 Å². The van der Waals surface area contributed by atoms with Crippen LogP contribution in [0.15, 0.2) is 62.2 Å². The molecule has 0 aliphatic heterocycles. The molecule has 0 atom stereocenters. The van der Waals surface area contributed by atoms with Crippen LogP contribution in [0.25, 0.3) is 6.08 Å². The predicted octanol–water partition coefficient (Wildman–Crippen LogP) is 3.87. The molecule has 1 N–H and O–H groups in total. The van der Waals surface area contributed by atoms with Gasteiger partial charge >= 0.3 is 5.63 Å². The Labute approximate surface area is 135 Å². The molecule has 0 saturated carbocycles. The van der Waals surface area contributed by atoms with Gasteiger partial charge in [0.2, 0.25) is 0 Å². The van der Waals surface area contributed by atoms with E-state index in [1.807, 2.05) is 30.3 Å². The van der Waals surface area contributed by atoms with Crippen LogP contribution in [0.1, 0.15) is 21.7 Å². The number of hydrogen-bond acceptors (Lipinski definition) is 4. The maximum Gasteiger partial charge on any atom is 0.351 e. The lowest BCUT2D eigenvalue weighted by Gasteiger charge is -1.99. The second kappa shape index (κ2) is 7.04. The Morgan fingerprint density at radius 3 is 2.55 bits per heavy atom. The average Bonchev–Trinajstić information content (AvgIpc) is 2.44. The molecule has 1 aromatic carbocycles. The molecule has 4 nitrogen and oxygen atoms in total. The van der Waals surface area contributed by atoms with Crippen LogP contribution in [0.4, 0.5) is 0 Å². The van der Waals surface area contributed by atoms with E-state index in [1.54, 1.807) is 6.08 Å². The fourth-order valence-electron chi connectivity index (χ4n) is 1.79. The highest BCUT2D eigenvalue weighted by Gasteiger charge is 2.15. The minimum Gasteiger partial charge on any atom is -0.507 e. The van der Waals surface area contributed by atoms with Crippen molar-refractivity contribution in [1.29, 1.82) is 0 Å². The molecule has 0 aliphatic rings. The first-order valence-electron chi connectivity index (χ1n) is 6.46. The van der Waals surface area contributed by atoms with Crippen molar-refractivity contribution in [3.63, 3.8) is 0 Å². The van der Waals surface area contributed by atoms with Gasteiger partial charge in [0.25, 0.3) is 0 Å². The predicted molar refractivity (Wildman–Crippen MR) is 88.0 cm³/mol. The smallest absolute Gasteiger partial charge is 0.351 e. The summed E-state index contributed by atoms with van der Waals surface area (Å²) in [6, 6.07) is 8.88. The molecular formula is C17H13BrO4. The lowest BCUT2D eigenvalue weighted by Crippen LogP contribution is -2.12. The zero-order valence-electron chi connectivity index (χ0n) is 11.7. The fraction of sp³-hybridized carbons (Fsp3) is 0.0588. The Morgan fingerprint density at radius 2 is 1.91 bits per heavy atom. The van der Waals surface area contributed by atoms with Crippen molar-refractivity contribution >= 4 is 27.8 Å². The van der Waals surface area contributed by atoms with Crippen molar-refractivity contribution in [3.8, 4) is 5.75 Å².